The highest BCUT2D eigenvalue weighted by Crippen LogP contribution is 2.43. The van der Waals surface area contributed by atoms with E-state index in [9.17, 15) is 21.6 Å². The van der Waals surface area contributed by atoms with E-state index < -0.39 is 27.6 Å². The number of alkyl halides is 3. The largest absolute Gasteiger partial charge is 0.511 e. The van der Waals surface area contributed by atoms with Crippen molar-refractivity contribution in [2.75, 3.05) is 0 Å². The van der Waals surface area contributed by atoms with Crippen LogP contribution in [0.2, 0.25) is 0 Å². The standard InChI is InChI=1S/C9H16F3NO2S/c1-3-5-7-8(6-4-2)13(7)16(14,15)9(10,11)12/h7-8H,3-6H2,1-2H3/t7-,8-/m1/s1. The fourth-order valence-corrected chi connectivity index (χ4v) is 3.41. The minimum atomic E-state index is -5.17. The molecule has 0 aromatic rings. The molecule has 2 atom stereocenters. The maximum absolute atomic E-state index is 12.3. The van der Waals surface area contributed by atoms with Crippen molar-refractivity contribution in [3.8, 4) is 0 Å². The lowest BCUT2D eigenvalue weighted by atomic mass is 10.1. The first kappa shape index (κ1) is 13.8. The van der Waals surface area contributed by atoms with Crippen LogP contribution >= 0.6 is 0 Å². The van der Waals surface area contributed by atoms with E-state index in [2.05, 4.69) is 0 Å². The molecular formula is C9H16F3NO2S. The lowest BCUT2D eigenvalue weighted by Crippen LogP contribution is -2.31. The van der Waals surface area contributed by atoms with Crippen LogP contribution in [0, 0.1) is 0 Å². The van der Waals surface area contributed by atoms with Crippen molar-refractivity contribution in [3.63, 3.8) is 0 Å². The molecular weight excluding hydrogens is 243 g/mol. The Labute approximate surface area is 93.7 Å². The fraction of sp³-hybridized carbons (Fsp3) is 1.00. The van der Waals surface area contributed by atoms with Gasteiger partial charge in [-0.2, -0.15) is 17.5 Å². The van der Waals surface area contributed by atoms with Crippen molar-refractivity contribution in [1.82, 2.24) is 4.31 Å². The van der Waals surface area contributed by atoms with Crippen molar-refractivity contribution in [1.29, 1.82) is 0 Å². The highest BCUT2D eigenvalue weighted by atomic mass is 32.2. The van der Waals surface area contributed by atoms with Crippen LogP contribution in [0.25, 0.3) is 0 Å². The van der Waals surface area contributed by atoms with Gasteiger partial charge in [-0.05, 0) is 12.8 Å². The Morgan fingerprint density at radius 3 is 1.69 bits per heavy atom. The SMILES string of the molecule is CCC[C@@H]1[C@@H](CCC)N1S(=O)(=O)C(F)(F)F. The van der Waals surface area contributed by atoms with Crippen molar-refractivity contribution in [3.05, 3.63) is 0 Å². The summed E-state index contributed by atoms with van der Waals surface area (Å²) < 4.78 is 60.0. The molecule has 0 N–H and O–H groups in total. The lowest BCUT2D eigenvalue weighted by molar-refractivity contribution is -0.0469. The van der Waals surface area contributed by atoms with Crippen LogP contribution in [0.5, 0.6) is 0 Å². The van der Waals surface area contributed by atoms with Gasteiger partial charge < -0.3 is 0 Å². The molecule has 1 fully saturated rings. The van der Waals surface area contributed by atoms with Gasteiger partial charge in [-0.3, -0.25) is 0 Å². The van der Waals surface area contributed by atoms with Gasteiger partial charge in [0.15, 0.2) is 0 Å². The Kier molecular flexibility index (Phi) is 3.89. The van der Waals surface area contributed by atoms with Gasteiger partial charge in [-0.25, -0.2) is 8.42 Å². The monoisotopic (exact) mass is 259 g/mol. The summed E-state index contributed by atoms with van der Waals surface area (Å²) in [6.07, 6.45) is 2.38. The minimum Gasteiger partial charge on any atom is -0.203 e. The molecule has 7 heteroatoms. The van der Waals surface area contributed by atoms with Gasteiger partial charge in [0.25, 0.3) is 0 Å². The van der Waals surface area contributed by atoms with Crippen LogP contribution in [0.15, 0.2) is 0 Å². The summed E-state index contributed by atoms with van der Waals surface area (Å²) in [7, 11) is -5.11. The molecule has 0 aromatic carbocycles. The minimum absolute atomic E-state index is 0.448. The van der Waals surface area contributed by atoms with E-state index in [1.807, 2.05) is 13.8 Å². The van der Waals surface area contributed by atoms with E-state index in [1.54, 1.807) is 0 Å². The molecule has 0 bridgehead atoms. The predicted octanol–water partition coefficient (Wildman–Crippen LogP) is 2.49. The fourth-order valence-electron chi connectivity index (χ4n) is 2.02. The summed E-state index contributed by atoms with van der Waals surface area (Å²) in [6, 6.07) is -0.895. The lowest BCUT2D eigenvalue weighted by Gasteiger charge is -2.09. The molecule has 0 aromatic heterocycles. The van der Waals surface area contributed by atoms with Gasteiger partial charge in [0, 0.05) is 12.1 Å². The summed E-state index contributed by atoms with van der Waals surface area (Å²) >= 11 is 0. The van der Waals surface area contributed by atoms with Crippen LogP contribution in [-0.2, 0) is 10.0 Å². The molecule has 1 heterocycles. The topological polar surface area (TPSA) is 37.1 Å². The molecule has 0 saturated carbocycles. The molecule has 1 rings (SSSR count). The second-order valence-electron chi connectivity index (χ2n) is 3.99. The van der Waals surface area contributed by atoms with E-state index in [1.165, 1.54) is 0 Å². The van der Waals surface area contributed by atoms with Crippen molar-refractivity contribution in [2.45, 2.75) is 57.1 Å². The zero-order valence-electron chi connectivity index (χ0n) is 9.29. The van der Waals surface area contributed by atoms with Crippen molar-refractivity contribution >= 4 is 10.0 Å². The number of hydrogen-bond donors (Lipinski definition) is 0. The molecule has 16 heavy (non-hydrogen) atoms. The number of rotatable bonds is 5. The summed E-state index contributed by atoms with van der Waals surface area (Å²) in [5, 5.41) is 0. The molecule has 0 unspecified atom stereocenters. The summed E-state index contributed by atoms with van der Waals surface area (Å²) in [5.74, 6) is 0. The maximum atomic E-state index is 12.3. The molecule has 0 radical (unpaired) electrons. The third-order valence-electron chi connectivity index (χ3n) is 2.75. The molecule has 3 nitrogen and oxygen atoms in total. The number of nitrogens with zero attached hydrogens (tertiary/aromatic N) is 1. The van der Waals surface area contributed by atoms with Gasteiger partial charge in [0.1, 0.15) is 0 Å². The van der Waals surface area contributed by atoms with Crippen molar-refractivity contribution < 1.29 is 21.6 Å². The van der Waals surface area contributed by atoms with Gasteiger partial charge in [-0.15, -0.1) is 0 Å². The molecule has 0 spiro atoms. The first-order chi connectivity index (χ1) is 7.27. The average molecular weight is 259 g/mol. The van der Waals surface area contributed by atoms with Gasteiger partial charge in [-0.1, -0.05) is 26.7 Å². The van der Waals surface area contributed by atoms with Crippen LogP contribution in [0.1, 0.15) is 39.5 Å². The third-order valence-corrected chi connectivity index (χ3v) is 4.43. The Balaban J connectivity index is 2.81. The summed E-state index contributed by atoms with van der Waals surface area (Å²) in [5.41, 5.74) is -5.17. The Bertz CT molecular complexity index is 327. The van der Waals surface area contributed by atoms with Gasteiger partial charge in [0.2, 0.25) is 0 Å². The normalized spacial score (nSPS) is 30.4. The van der Waals surface area contributed by atoms with E-state index >= 15 is 0 Å². The maximum Gasteiger partial charge on any atom is 0.511 e. The van der Waals surface area contributed by atoms with Gasteiger partial charge >= 0.3 is 15.5 Å². The Morgan fingerprint density at radius 2 is 1.44 bits per heavy atom. The first-order valence-electron chi connectivity index (χ1n) is 5.37. The van der Waals surface area contributed by atoms with Gasteiger partial charge in [0.05, 0.1) is 0 Å². The second kappa shape index (κ2) is 4.52. The third kappa shape index (κ3) is 2.34. The van der Waals surface area contributed by atoms with Crippen LogP contribution in [0.3, 0.4) is 0 Å². The quantitative estimate of drug-likeness (QED) is 0.711. The number of sulfonamides is 1. The summed E-state index contributed by atoms with van der Waals surface area (Å²) in [4.78, 5) is 0. The van der Waals surface area contributed by atoms with Crippen molar-refractivity contribution in [2.24, 2.45) is 0 Å². The average Bonchev–Trinajstić information content (AvgIpc) is 2.78. The highest BCUT2D eigenvalue weighted by molar-refractivity contribution is 7.90. The van der Waals surface area contributed by atoms with E-state index in [4.69, 9.17) is 0 Å². The first-order valence-corrected chi connectivity index (χ1v) is 6.81. The van der Waals surface area contributed by atoms with Crippen LogP contribution in [-0.4, -0.2) is 30.3 Å². The Hall–Kier alpha value is -0.300. The Morgan fingerprint density at radius 1 is 1.06 bits per heavy atom. The molecule has 1 saturated heterocycles. The number of hydrogen-bond acceptors (Lipinski definition) is 2. The van der Waals surface area contributed by atoms with E-state index in [0.29, 0.717) is 30.0 Å². The van der Waals surface area contributed by atoms with E-state index in [-0.39, 0.29) is 0 Å². The number of halogens is 3. The highest BCUT2D eigenvalue weighted by Gasteiger charge is 2.63. The van der Waals surface area contributed by atoms with Crippen LogP contribution in [0.4, 0.5) is 13.2 Å². The molecule has 0 aliphatic carbocycles. The van der Waals surface area contributed by atoms with E-state index in [0.717, 1.165) is 0 Å². The molecule has 1 aliphatic heterocycles. The smallest absolute Gasteiger partial charge is 0.203 e. The molecule has 0 amide bonds. The van der Waals surface area contributed by atoms with Crippen LogP contribution < -0.4 is 0 Å². The molecule has 96 valence electrons. The predicted molar refractivity (Wildman–Crippen MR) is 54.2 cm³/mol. The zero-order chi connectivity index (χ0) is 12.6. The zero-order valence-corrected chi connectivity index (χ0v) is 10.1. The molecule has 1 aliphatic rings. The second-order valence-corrected chi connectivity index (χ2v) is 5.83. The summed E-state index contributed by atoms with van der Waals surface area (Å²) in [6.45, 7) is 3.67.